The van der Waals surface area contributed by atoms with Crippen molar-refractivity contribution >= 4 is 29.1 Å². The molecular formula is C13H13Cl2N3O2. The Bertz CT molecular complexity index is 641. The summed E-state index contributed by atoms with van der Waals surface area (Å²) in [6, 6.07) is 5.14. The van der Waals surface area contributed by atoms with E-state index in [1.165, 1.54) is 17.7 Å². The molecule has 2 rings (SSSR count). The van der Waals surface area contributed by atoms with Crippen molar-refractivity contribution in [1.82, 2.24) is 14.9 Å². The summed E-state index contributed by atoms with van der Waals surface area (Å²) in [5, 5.41) is 3.45. The van der Waals surface area contributed by atoms with Crippen LogP contribution in [0.2, 0.25) is 10.2 Å². The fraction of sp³-hybridized carbons (Fsp3) is 0.231. The number of nitrogens with one attached hydrogen (secondary N) is 1. The number of rotatable bonds is 4. The Balaban J connectivity index is 2.11. The maximum Gasteiger partial charge on any atom is 0.268 e. The molecule has 0 radical (unpaired) electrons. The lowest BCUT2D eigenvalue weighted by atomic mass is 10.2. The Morgan fingerprint density at radius 3 is 2.85 bits per heavy atom. The molecule has 0 spiro atoms. The number of aromatic nitrogens is 2. The minimum Gasteiger partial charge on any atom is -0.481 e. The Hall–Kier alpha value is -1.72. The molecule has 20 heavy (non-hydrogen) atoms. The molecule has 106 valence electrons. The lowest BCUT2D eigenvalue weighted by Gasteiger charge is -2.09. The first kappa shape index (κ1) is 14.7. The van der Waals surface area contributed by atoms with Gasteiger partial charge in [-0.1, -0.05) is 29.3 Å². The first-order valence-electron chi connectivity index (χ1n) is 5.81. The van der Waals surface area contributed by atoms with Gasteiger partial charge in [-0.25, -0.2) is 4.98 Å². The van der Waals surface area contributed by atoms with Gasteiger partial charge < -0.3 is 14.6 Å². The number of carbonyl (C=O) groups is 1. The number of ether oxygens (including phenoxy) is 1. The average molecular weight is 314 g/mol. The zero-order chi connectivity index (χ0) is 14.7. The Morgan fingerprint density at radius 2 is 2.25 bits per heavy atom. The lowest BCUT2D eigenvalue weighted by Crippen LogP contribution is -2.25. The molecule has 0 aromatic carbocycles. The second-order valence-electron chi connectivity index (χ2n) is 4.08. The Labute approximate surface area is 126 Å². The van der Waals surface area contributed by atoms with Crippen molar-refractivity contribution in [2.45, 2.75) is 6.54 Å². The quantitative estimate of drug-likeness (QED) is 0.944. The average Bonchev–Trinajstić information content (AvgIpc) is 2.72. The van der Waals surface area contributed by atoms with E-state index in [2.05, 4.69) is 10.3 Å². The summed E-state index contributed by atoms with van der Waals surface area (Å²) in [5.41, 5.74) is 1.18. The maximum atomic E-state index is 12.1. The first-order chi connectivity index (χ1) is 9.54. The lowest BCUT2D eigenvalue weighted by molar-refractivity contribution is 0.0942. The highest BCUT2D eigenvalue weighted by atomic mass is 35.5. The second-order valence-corrected chi connectivity index (χ2v) is 4.85. The number of nitrogens with zero attached hydrogens (tertiary/aromatic N) is 2. The van der Waals surface area contributed by atoms with Crippen LogP contribution in [0.15, 0.2) is 24.4 Å². The van der Waals surface area contributed by atoms with Crippen LogP contribution in [-0.2, 0) is 13.6 Å². The van der Waals surface area contributed by atoms with Crippen LogP contribution in [-0.4, -0.2) is 22.6 Å². The molecular weight excluding hydrogens is 301 g/mol. The summed E-state index contributed by atoms with van der Waals surface area (Å²) in [7, 11) is 3.21. The van der Waals surface area contributed by atoms with Crippen LogP contribution in [0, 0.1) is 0 Å². The smallest absolute Gasteiger partial charge is 0.268 e. The molecule has 0 fully saturated rings. The van der Waals surface area contributed by atoms with E-state index in [1.54, 1.807) is 19.3 Å². The summed E-state index contributed by atoms with van der Waals surface area (Å²) in [5.74, 6) is 0.211. The van der Waals surface area contributed by atoms with E-state index >= 15 is 0 Å². The van der Waals surface area contributed by atoms with Gasteiger partial charge in [0.2, 0.25) is 5.88 Å². The molecule has 0 aliphatic carbocycles. The van der Waals surface area contributed by atoms with Crippen LogP contribution in [0.4, 0.5) is 0 Å². The predicted molar refractivity (Wildman–Crippen MR) is 77.4 cm³/mol. The van der Waals surface area contributed by atoms with Crippen molar-refractivity contribution in [3.63, 3.8) is 0 Å². The van der Waals surface area contributed by atoms with Gasteiger partial charge >= 0.3 is 0 Å². The molecule has 0 saturated heterocycles. The molecule has 0 bridgehead atoms. The van der Waals surface area contributed by atoms with E-state index < -0.39 is 0 Å². The van der Waals surface area contributed by atoms with Crippen molar-refractivity contribution in [2.75, 3.05) is 7.11 Å². The normalized spacial score (nSPS) is 10.4. The monoisotopic (exact) mass is 313 g/mol. The van der Waals surface area contributed by atoms with Gasteiger partial charge in [0.05, 0.1) is 12.1 Å². The molecule has 0 atom stereocenters. The highest BCUT2D eigenvalue weighted by Gasteiger charge is 2.16. The first-order valence-corrected chi connectivity index (χ1v) is 6.57. The van der Waals surface area contributed by atoms with Crippen LogP contribution in [0.3, 0.4) is 0 Å². The Kier molecular flexibility index (Phi) is 4.52. The largest absolute Gasteiger partial charge is 0.481 e. The molecule has 0 aliphatic heterocycles. The number of halogens is 2. The number of hydrogen-bond acceptors (Lipinski definition) is 3. The van der Waals surface area contributed by atoms with E-state index in [1.807, 2.05) is 6.07 Å². The SMILES string of the molecule is COc1ncccc1CNC(=O)c1cc(Cl)c(Cl)n1C. The maximum absolute atomic E-state index is 12.1. The van der Waals surface area contributed by atoms with Gasteiger partial charge in [-0.2, -0.15) is 0 Å². The zero-order valence-electron chi connectivity index (χ0n) is 11.0. The van der Waals surface area contributed by atoms with Crippen molar-refractivity contribution in [3.8, 4) is 5.88 Å². The summed E-state index contributed by atoms with van der Waals surface area (Å²) >= 11 is 11.8. The topological polar surface area (TPSA) is 56.1 Å². The van der Waals surface area contributed by atoms with Crippen LogP contribution in [0.1, 0.15) is 16.1 Å². The number of amides is 1. The fourth-order valence-electron chi connectivity index (χ4n) is 1.77. The van der Waals surface area contributed by atoms with Crippen molar-refractivity contribution < 1.29 is 9.53 Å². The van der Waals surface area contributed by atoms with E-state index in [4.69, 9.17) is 27.9 Å². The molecule has 1 N–H and O–H groups in total. The summed E-state index contributed by atoms with van der Waals surface area (Å²) in [4.78, 5) is 16.2. The van der Waals surface area contributed by atoms with E-state index in [-0.39, 0.29) is 5.91 Å². The molecule has 2 aromatic heterocycles. The van der Waals surface area contributed by atoms with E-state index in [0.29, 0.717) is 28.3 Å². The van der Waals surface area contributed by atoms with Gasteiger partial charge in [-0.3, -0.25) is 4.79 Å². The third kappa shape index (κ3) is 2.89. The van der Waals surface area contributed by atoms with Crippen molar-refractivity contribution in [1.29, 1.82) is 0 Å². The van der Waals surface area contributed by atoms with Crippen molar-refractivity contribution in [2.24, 2.45) is 7.05 Å². The van der Waals surface area contributed by atoms with Crippen LogP contribution < -0.4 is 10.1 Å². The summed E-state index contributed by atoms with van der Waals surface area (Å²) < 4.78 is 6.65. The molecule has 0 aliphatic rings. The number of hydrogen-bond donors (Lipinski definition) is 1. The molecule has 7 heteroatoms. The number of methoxy groups -OCH3 is 1. The Morgan fingerprint density at radius 1 is 1.50 bits per heavy atom. The summed E-state index contributed by atoms with van der Waals surface area (Å²) in [6.07, 6.45) is 1.63. The van der Waals surface area contributed by atoms with Crippen LogP contribution in [0.5, 0.6) is 5.88 Å². The van der Waals surface area contributed by atoms with Crippen molar-refractivity contribution in [3.05, 3.63) is 45.8 Å². The van der Waals surface area contributed by atoms with Crippen LogP contribution in [0.25, 0.3) is 0 Å². The standard InChI is InChI=1S/C13H13Cl2N3O2/c1-18-10(6-9(14)11(18)15)12(19)17-7-8-4-3-5-16-13(8)20-2/h3-6H,7H2,1-2H3,(H,17,19). The summed E-state index contributed by atoms with van der Waals surface area (Å²) in [6.45, 7) is 0.302. The van der Waals surface area contributed by atoms with E-state index in [9.17, 15) is 4.79 Å². The zero-order valence-corrected chi connectivity index (χ0v) is 12.5. The molecule has 5 nitrogen and oxygen atoms in total. The number of carbonyl (C=O) groups excluding carboxylic acids is 1. The molecule has 1 amide bonds. The van der Waals surface area contributed by atoms with Gasteiger partial charge in [0.1, 0.15) is 10.8 Å². The molecule has 0 saturated carbocycles. The molecule has 2 aromatic rings. The fourth-order valence-corrected chi connectivity index (χ4v) is 2.14. The highest BCUT2D eigenvalue weighted by molar-refractivity contribution is 6.41. The van der Waals surface area contributed by atoms with Gasteiger partial charge in [0.25, 0.3) is 5.91 Å². The molecule has 0 unspecified atom stereocenters. The van der Waals surface area contributed by atoms with Gasteiger partial charge in [-0.05, 0) is 12.1 Å². The third-order valence-corrected chi connectivity index (χ3v) is 3.67. The number of pyridine rings is 1. The van der Waals surface area contributed by atoms with Gasteiger partial charge in [0.15, 0.2) is 0 Å². The van der Waals surface area contributed by atoms with E-state index in [0.717, 1.165) is 5.56 Å². The minimum atomic E-state index is -0.271. The molecule has 2 heterocycles. The highest BCUT2D eigenvalue weighted by Crippen LogP contribution is 2.25. The van der Waals surface area contributed by atoms with Gasteiger partial charge in [0, 0.05) is 25.4 Å². The van der Waals surface area contributed by atoms with Gasteiger partial charge in [-0.15, -0.1) is 0 Å². The van der Waals surface area contributed by atoms with Crippen LogP contribution >= 0.6 is 23.2 Å². The predicted octanol–water partition coefficient (Wildman–Crippen LogP) is 2.67. The second kappa shape index (κ2) is 6.15. The third-order valence-electron chi connectivity index (χ3n) is 2.83. The minimum absolute atomic E-state index is 0.271.